The van der Waals surface area contributed by atoms with Crippen molar-refractivity contribution in [1.29, 1.82) is 0 Å². The molecule has 0 aliphatic rings. The predicted molar refractivity (Wildman–Crippen MR) is 104 cm³/mol. The van der Waals surface area contributed by atoms with Crippen LogP contribution in [0.1, 0.15) is 12.0 Å². The zero-order valence-corrected chi connectivity index (χ0v) is 16.1. The molecule has 0 saturated heterocycles. The van der Waals surface area contributed by atoms with Gasteiger partial charge < -0.3 is 15.4 Å². The molecule has 0 bridgehead atoms. The van der Waals surface area contributed by atoms with E-state index in [-0.39, 0.29) is 0 Å². The van der Waals surface area contributed by atoms with Crippen molar-refractivity contribution in [3.63, 3.8) is 0 Å². The van der Waals surface area contributed by atoms with Gasteiger partial charge >= 0.3 is 0 Å². The number of aromatic nitrogens is 2. The minimum Gasteiger partial charge on any atom is -0.385 e. The van der Waals surface area contributed by atoms with Crippen LogP contribution in [-0.2, 0) is 11.3 Å². The molecule has 0 unspecified atom stereocenters. The smallest absolute Gasteiger partial charge is 0.173 e. The van der Waals surface area contributed by atoms with E-state index >= 15 is 0 Å². The first-order valence-electron chi connectivity index (χ1n) is 7.21. The molecule has 0 spiro atoms. The Morgan fingerprint density at radius 3 is 2.62 bits per heavy atom. The number of thiocarbonyl (C=S) groups is 1. The molecule has 0 aliphatic carbocycles. The van der Waals surface area contributed by atoms with Crippen molar-refractivity contribution in [2.24, 2.45) is 0 Å². The maximum Gasteiger partial charge on any atom is 0.173 e. The highest BCUT2D eigenvalue weighted by Crippen LogP contribution is 2.26. The highest BCUT2D eigenvalue weighted by atomic mass is 35.5. The van der Waals surface area contributed by atoms with Crippen LogP contribution in [-0.4, -0.2) is 35.2 Å². The summed E-state index contributed by atoms with van der Waals surface area (Å²) in [5, 5.41) is 12.5. The van der Waals surface area contributed by atoms with E-state index in [1.165, 1.54) is 0 Å². The van der Waals surface area contributed by atoms with Crippen molar-refractivity contribution in [3.8, 4) is 0 Å². The van der Waals surface area contributed by atoms with Gasteiger partial charge in [-0.3, -0.25) is 4.68 Å². The Hall–Kier alpha value is -1.05. The van der Waals surface area contributed by atoms with Crippen LogP contribution in [0.25, 0.3) is 0 Å². The summed E-state index contributed by atoms with van der Waals surface area (Å²) in [7, 11) is 1.66. The van der Waals surface area contributed by atoms with Crippen molar-refractivity contribution >= 4 is 58.0 Å². The lowest BCUT2D eigenvalue weighted by Crippen LogP contribution is -2.30. The molecule has 9 heteroatoms. The molecule has 2 aromatic rings. The number of methoxy groups -OCH3 is 1. The number of halogens is 3. The second-order valence-electron chi connectivity index (χ2n) is 4.95. The van der Waals surface area contributed by atoms with Gasteiger partial charge in [-0.15, -0.1) is 0 Å². The number of nitrogens with one attached hydrogen (secondary N) is 2. The van der Waals surface area contributed by atoms with E-state index in [0.29, 0.717) is 45.7 Å². The number of rotatable bonds is 7. The Labute approximate surface area is 161 Å². The number of hydrogen-bond donors (Lipinski definition) is 2. The van der Waals surface area contributed by atoms with E-state index in [9.17, 15) is 0 Å². The number of benzene rings is 1. The molecule has 0 radical (unpaired) electrons. The van der Waals surface area contributed by atoms with E-state index in [0.717, 1.165) is 12.0 Å². The maximum atomic E-state index is 6.20. The standard InChI is InChI=1S/C15H17Cl3N4OS/c1-23-7-3-6-19-15(24)20-14-13(18)9-22(21-14)8-10-11(16)4-2-5-12(10)17/h2,4-5,9H,3,6-8H2,1H3,(H2,19,20,21,24). The third-order valence-corrected chi connectivity index (χ3v) is 4.37. The summed E-state index contributed by atoms with van der Waals surface area (Å²) in [6.07, 6.45) is 2.54. The van der Waals surface area contributed by atoms with Gasteiger partial charge in [0.15, 0.2) is 10.9 Å². The third-order valence-electron chi connectivity index (χ3n) is 3.14. The maximum absolute atomic E-state index is 6.20. The summed E-state index contributed by atoms with van der Waals surface area (Å²) in [6.45, 7) is 1.78. The Morgan fingerprint density at radius 1 is 1.25 bits per heavy atom. The van der Waals surface area contributed by atoms with Crippen molar-refractivity contribution in [1.82, 2.24) is 15.1 Å². The second kappa shape index (κ2) is 9.44. The van der Waals surface area contributed by atoms with Crippen LogP contribution in [0.5, 0.6) is 0 Å². The highest BCUT2D eigenvalue weighted by molar-refractivity contribution is 7.80. The topological polar surface area (TPSA) is 51.1 Å². The van der Waals surface area contributed by atoms with Crippen LogP contribution in [0.3, 0.4) is 0 Å². The molecule has 0 saturated carbocycles. The summed E-state index contributed by atoms with van der Waals surface area (Å²) >= 11 is 23.8. The summed E-state index contributed by atoms with van der Waals surface area (Å²) in [6, 6.07) is 5.36. The first-order valence-corrected chi connectivity index (χ1v) is 8.75. The van der Waals surface area contributed by atoms with Crippen molar-refractivity contribution in [3.05, 3.63) is 45.0 Å². The van der Waals surface area contributed by atoms with Gasteiger partial charge in [-0.05, 0) is 30.8 Å². The zero-order chi connectivity index (χ0) is 17.5. The Bertz CT molecular complexity index is 688. The molecule has 1 heterocycles. The van der Waals surface area contributed by atoms with E-state index < -0.39 is 0 Å². The summed E-state index contributed by atoms with van der Waals surface area (Å²) < 4.78 is 6.64. The molecular weight excluding hydrogens is 391 g/mol. The van der Waals surface area contributed by atoms with Crippen molar-refractivity contribution < 1.29 is 4.74 Å². The van der Waals surface area contributed by atoms with Crippen LogP contribution >= 0.6 is 47.0 Å². The van der Waals surface area contributed by atoms with Crippen LogP contribution in [0.4, 0.5) is 5.82 Å². The van der Waals surface area contributed by atoms with Gasteiger partial charge in [0.05, 0.1) is 6.54 Å². The molecule has 0 atom stereocenters. The molecule has 1 aromatic heterocycles. The third kappa shape index (κ3) is 5.50. The van der Waals surface area contributed by atoms with Crippen LogP contribution in [0, 0.1) is 0 Å². The van der Waals surface area contributed by atoms with Gasteiger partial charge in [-0.2, -0.15) is 5.10 Å². The highest BCUT2D eigenvalue weighted by Gasteiger charge is 2.11. The SMILES string of the molecule is COCCCNC(=S)Nc1nn(Cc2c(Cl)cccc2Cl)cc1Cl. The summed E-state index contributed by atoms with van der Waals surface area (Å²) in [5.41, 5.74) is 0.784. The van der Waals surface area contributed by atoms with Gasteiger partial charge in [0, 0.05) is 42.1 Å². The van der Waals surface area contributed by atoms with Crippen LogP contribution in [0.15, 0.2) is 24.4 Å². The molecule has 2 N–H and O–H groups in total. The van der Waals surface area contributed by atoms with Gasteiger partial charge in [0.2, 0.25) is 0 Å². The summed E-state index contributed by atoms with van der Waals surface area (Å²) in [4.78, 5) is 0. The fourth-order valence-electron chi connectivity index (χ4n) is 1.98. The second-order valence-corrected chi connectivity index (χ2v) is 6.58. The lowest BCUT2D eigenvalue weighted by atomic mass is 10.2. The Balaban J connectivity index is 1.98. The van der Waals surface area contributed by atoms with Crippen molar-refractivity contribution in [2.75, 3.05) is 25.6 Å². The molecule has 0 amide bonds. The summed E-state index contributed by atoms with van der Waals surface area (Å²) in [5.74, 6) is 0.476. The zero-order valence-electron chi connectivity index (χ0n) is 13.0. The molecular formula is C15H17Cl3N4OS. The average molecular weight is 408 g/mol. The van der Waals surface area contributed by atoms with E-state index in [1.54, 1.807) is 36.2 Å². The molecule has 130 valence electrons. The molecule has 5 nitrogen and oxygen atoms in total. The number of anilines is 1. The van der Waals surface area contributed by atoms with E-state index in [4.69, 9.17) is 51.8 Å². The minimum absolute atomic E-state index is 0.411. The van der Waals surface area contributed by atoms with Gasteiger partial charge in [-0.1, -0.05) is 40.9 Å². The Kier molecular flexibility index (Phi) is 7.58. The molecule has 24 heavy (non-hydrogen) atoms. The first-order chi connectivity index (χ1) is 11.5. The van der Waals surface area contributed by atoms with Gasteiger partial charge in [0.1, 0.15) is 5.02 Å². The molecule has 0 fully saturated rings. The molecule has 2 rings (SSSR count). The molecule has 1 aromatic carbocycles. The average Bonchev–Trinajstić information content (AvgIpc) is 2.87. The first kappa shape index (κ1) is 19.3. The fraction of sp³-hybridized carbons (Fsp3) is 0.333. The number of hydrogen-bond acceptors (Lipinski definition) is 3. The normalized spacial score (nSPS) is 10.7. The van der Waals surface area contributed by atoms with Crippen molar-refractivity contribution in [2.45, 2.75) is 13.0 Å². The van der Waals surface area contributed by atoms with Gasteiger partial charge in [0.25, 0.3) is 0 Å². The van der Waals surface area contributed by atoms with Crippen LogP contribution < -0.4 is 10.6 Å². The van der Waals surface area contributed by atoms with E-state index in [1.807, 2.05) is 0 Å². The lowest BCUT2D eigenvalue weighted by molar-refractivity contribution is 0.196. The lowest BCUT2D eigenvalue weighted by Gasteiger charge is -2.09. The van der Waals surface area contributed by atoms with E-state index in [2.05, 4.69) is 15.7 Å². The fourth-order valence-corrected chi connectivity index (χ4v) is 2.89. The quantitative estimate of drug-likeness (QED) is 0.532. The number of ether oxygens (including phenoxy) is 1. The predicted octanol–water partition coefficient (Wildman–Crippen LogP) is 4.21. The van der Waals surface area contributed by atoms with Gasteiger partial charge in [-0.25, -0.2) is 0 Å². The Morgan fingerprint density at radius 2 is 1.96 bits per heavy atom. The monoisotopic (exact) mass is 406 g/mol. The number of nitrogens with zero attached hydrogens (tertiary/aromatic N) is 2. The minimum atomic E-state index is 0.411. The van der Waals surface area contributed by atoms with Crippen LogP contribution in [0.2, 0.25) is 15.1 Å². The molecule has 0 aliphatic heterocycles. The largest absolute Gasteiger partial charge is 0.385 e.